The minimum Gasteiger partial charge on any atom is -0.493 e. The van der Waals surface area contributed by atoms with Crippen molar-refractivity contribution in [2.75, 3.05) is 30.5 Å². The number of nitrogens with one attached hydrogen (secondary N) is 1. The summed E-state index contributed by atoms with van der Waals surface area (Å²) in [6.07, 6.45) is 1.43. The fraction of sp³-hybridized carbons (Fsp3) is 0.300. The molecule has 6 nitrogen and oxygen atoms in total. The molecule has 1 saturated heterocycles. The van der Waals surface area contributed by atoms with Crippen molar-refractivity contribution >= 4 is 23.2 Å². The van der Waals surface area contributed by atoms with E-state index in [4.69, 9.17) is 9.47 Å². The quantitative estimate of drug-likeness (QED) is 0.862. The van der Waals surface area contributed by atoms with Crippen LogP contribution in [0.2, 0.25) is 0 Å². The van der Waals surface area contributed by atoms with E-state index in [1.165, 1.54) is 0 Å². The van der Waals surface area contributed by atoms with Gasteiger partial charge in [-0.3, -0.25) is 9.59 Å². The van der Waals surface area contributed by atoms with Gasteiger partial charge in [0.05, 0.1) is 13.7 Å². The molecule has 136 valence electrons. The van der Waals surface area contributed by atoms with Crippen molar-refractivity contribution in [1.29, 1.82) is 0 Å². The summed E-state index contributed by atoms with van der Waals surface area (Å²) in [6, 6.07) is 12.4. The third kappa shape index (κ3) is 3.79. The Bertz CT molecular complexity index is 819. The minimum absolute atomic E-state index is 0.116. The predicted octanol–water partition coefficient (Wildman–Crippen LogP) is 3.47. The van der Waals surface area contributed by atoms with Crippen LogP contribution in [0.5, 0.6) is 11.5 Å². The van der Waals surface area contributed by atoms with Crippen molar-refractivity contribution in [2.45, 2.75) is 19.8 Å². The number of ether oxygens (including phenoxy) is 2. The van der Waals surface area contributed by atoms with Crippen LogP contribution in [0.4, 0.5) is 11.4 Å². The Labute approximate surface area is 152 Å². The fourth-order valence-electron chi connectivity index (χ4n) is 2.96. The molecule has 1 aliphatic rings. The lowest BCUT2D eigenvalue weighted by Gasteiger charge is -2.17. The maximum atomic E-state index is 12.6. The van der Waals surface area contributed by atoms with E-state index in [9.17, 15) is 9.59 Å². The lowest BCUT2D eigenvalue weighted by atomic mass is 10.1. The number of benzene rings is 2. The van der Waals surface area contributed by atoms with Crippen LogP contribution < -0.4 is 19.7 Å². The van der Waals surface area contributed by atoms with Gasteiger partial charge in [0.1, 0.15) is 0 Å². The van der Waals surface area contributed by atoms with Crippen molar-refractivity contribution in [2.24, 2.45) is 0 Å². The lowest BCUT2D eigenvalue weighted by molar-refractivity contribution is -0.117. The van der Waals surface area contributed by atoms with Gasteiger partial charge in [-0.1, -0.05) is 6.07 Å². The molecule has 1 fully saturated rings. The summed E-state index contributed by atoms with van der Waals surface area (Å²) in [7, 11) is 1.56. The van der Waals surface area contributed by atoms with E-state index >= 15 is 0 Å². The summed E-state index contributed by atoms with van der Waals surface area (Å²) in [5, 5.41) is 2.87. The molecule has 1 aliphatic heterocycles. The molecule has 2 aromatic carbocycles. The van der Waals surface area contributed by atoms with Gasteiger partial charge < -0.3 is 19.7 Å². The van der Waals surface area contributed by atoms with Gasteiger partial charge in [-0.2, -0.15) is 0 Å². The second-order valence-corrected chi connectivity index (χ2v) is 5.95. The van der Waals surface area contributed by atoms with Gasteiger partial charge >= 0.3 is 0 Å². The molecule has 6 heteroatoms. The fourth-order valence-corrected chi connectivity index (χ4v) is 2.96. The number of hydrogen-bond acceptors (Lipinski definition) is 4. The number of amides is 2. The van der Waals surface area contributed by atoms with Crippen LogP contribution in [0, 0.1) is 0 Å². The number of hydrogen-bond donors (Lipinski definition) is 1. The van der Waals surface area contributed by atoms with Crippen LogP contribution >= 0.6 is 0 Å². The molecule has 0 saturated carbocycles. The van der Waals surface area contributed by atoms with E-state index in [0.29, 0.717) is 42.3 Å². The zero-order chi connectivity index (χ0) is 18.5. The Morgan fingerprint density at radius 3 is 2.73 bits per heavy atom. The molecule has 2 aromatic rings. The van der Waals surface area contributed by atoms with Crippen molar-refractivity contribution < 1.29 is 19.1 Å². The Kier molecular flexibility index (Phi) is 5.41. The highest BCUT2D eigenvalue weighted by atomic mass is 16.5. The first kappa shape index (κ1) is 17.8. The number of anilines is 2. The smallest absolute Gasteiger partial charge is 0.255 e. The van der Waals surface area contributed by atoms with Crippen molar-refractivity contribution in [3.05, 3.63) is 48.0 Å². The van der Waals surface area contributed by atoms with Crippen LogP contribution in [-0.4, -0.2) is 32.1 Å². The van der Waals surface area contributed by atoms with Crippen molar-refractivity contribution in [3.8, 4) is 11.5 Å². The maximum absolute atomic E-state index is 12.6. The first-order valence-corrected chi connectivity index (χ1v) is 8.65. The van der Waals surface area contributed by atoms with E-state index < -0.39 is 0 Å². The highest BCUT2D eigenvalue weighted by Gasteiger charge is 2.22. The summed E-state index contributed by atoms with van der Waals surface area (Å²) in [4.78, 5) is 26.2. The van der Waals surface area contributed by atoms with Crippen molar-refractivity contribution in [1.82, 2.24) is 0 Å². The monoisotopic (exact) mass is 354 g/mol. The molecule has 0 aliphatic carbocycles. The van der Waals surface area contributed by atoms with Gasteiger partial charge in [-0.25, -0.2) is 0 Å². The van der Waals surface area contributed by atoms with Crippen LogP contribution in [0.15, 0.2) is 42.5 Å². The Hall–Kier alpha value is -3.02. The Morgan fingerprint density at radius 2 is 2.04 bits per heavy atom. The summed E-state index contributed by atoms with van der Waals surface area (Å²) in [5.74, 6) is 0.973. The third-order valence-electron chi connectivity index (χ3n) is 4.21. The summed E-state index contributed by atoms with van der Waals surface area (Å²) in [5.41, 5.74) is 1.91. The number of rotatable bonds is 6. The van der Waals surface area contributed by atoms with E-state index in [2.05, 4.69) is 5.32 Å². The third-order valence-corrected chi connectivity index (χ3v) is 4.21. The highest BCUT2D eigenvalue weighted by Crippen LogP contribution is 2.29. The molecular formula is C20H22N2O4. The standard InChI is InChI=1S/C20H22N2O4/c1-3-26-18-12-14(9-10-17(18)25-2)20(24)21-15-6-4-7-16(13-15)22-11-5-8-19(22)23/h4,6-7,9-10,12-13H,3,5,8,11H2,1-2H3,(H,21,24). The largest absolute Gasteiger partial charge is 0.493 e. The van der Waals surface area contributed by atoms with Crippen LogP contribution in [0.3, 0.4) is 0 Å². The Morgan fingerprint density at radius 1 is 1.19 bits per heavy atom. The van der Waals surface area contributed by atoms with E-state index in [1.807, 2.05) is 25.1 Å². The molecule has 3 rings (SSSR count). The lowest BCUT2D eigenvalue weighted by Crippen LogP contribution is -2.23. The van der Waals surface area contributed by atoms with Gasteiger partial charge in [0.25, 0.3) is 5.91 Å². The summed E-state index contributed by atoms with van der Waals surface area (Å²) >= 11 is 0. The average Bonchev–Trinajstić information content (AvgIpc) is 3.08. The second-order valence-electron chi connectivity index (χ2n) is 5.95. The first-order chi connectivity index (χ1) is 12.6. The van der Waals surface area contributed by atoms with Gasteiger partial charge in [-0.05, 0) is 49.7 Å². The number of carbonyl (C=O) groups is 2. The van der Waals surface area contributed by atoms with Crippen LogP contribution in [0.25, 0.3) is 0 Å². The zero-order valence-corrected chi connectivity index (χ0v) is 15.0. The normalized spacial score (nSPS) is 13.6. The van der Waals surface area contributed by atoms with E-state index in [-0.39, 0.29) is 11.8 Å². The van der Waals surface area contributed by atoms with Gasteiger partial charge in [0.2, 0.25) is 5.91 Å². The highest BCUT2D eigenvalue weighted by molar-refractivity contribution is 6.05. The van der Waals surface area contributed by atoms with Gasteiger partial charge in [-0.15, -0.1) is 0 Å². The molecule has 0 bridgehead atoms. The molecule has 0 spiro atoms. The molecular weight excluding hydrogens is 332 g/mol. The zero-order valence-electron chi connectivity index (χ0n) is 15.0. The molecule has 1 heterocycles. The Balaban J connectivity index is 1.78. The number of methoxy groups -OCH3 is 1. The molecule has 0 atom stereocenters. The molecule has 26 heavy (non-hydrogen) atoms. The molecule has 0 aromatic heterocycles. The predicted molar refractivity (Wildman–Crippen MR) is 100 cm³/mol. The summed E-state index contributed by atoms with van der Waals surface area (Å²) < 4.78 is 10.8. The number of carbonyl (C=O) groups excluding carboxylic acids is 2. The van der Waals surface area contributed by atoms with Crippen LogP contribution in [-0.2, 0) is 4.79 Å². The molecule has 1 N–H and O–H groups in total. The molecule has 2 amide bonds. The average molecular weight is 354 g/mol. The van der Waals surface area contributed by atoms with E-state index in [0.717, 1.165) is 12.1 Å². The topological polar surface area (TPSA) is 67.9 Å². The van der Waals surface area contributed by atoms with Gasteiger partial charge in [0, 0.05) is 29.9 Å². The summed E-state index contributed by atoms with van der Waals surface area (Å²) in [6.45, 7) is 3.07. The SMILES string of the molecule is CCOc1cc(C(=O)Nc2cccc(N3CCCC3=O)c2)ccc1OC. The van der Waals surface area contributed by atoms with Gasteiger partial charge in [0.15, 0.2) is 11.5 Å². The molecule has 0 radical (unpaired) electrons. The maximum Gasteiger partial charge on any atom is 0.255 e. The van der Waals surface area contributed by atoms with Crippen LogP contribution in [0.1, 0.15) is 30.1 Å². The number of nitrogens with zero attached hydrogens (tertiary/aromatic N) is 1. The van der Waals surface area contributed by atoms with Crippen molar-refractivity contribution in [3.63, 3.8) is 0 Å². The first-order valence-electron chi connectivity index (χ1n) is 8.65. The molecule has 0 unspecified atom stereocenters. The minimum atomic E-state index is -0.251. The second kappa shape index (κ2) is 7.91. The van der Waals surface area contributed by atoms with E-state index in [1.54, 1.807) is 36.3 Å².